The fourth-order valence-corrected chi connectivity index (χ4v) is 1.81. The van der Waals surface area contributed by atoms with Crippen LogP contribution in [0.3, 0.4) is 0 Å². The predicted octanol–water partition coefficient (Wildman–Crippen LogP) is 0.177. The summed E-state index contributed by atoms with van der Waals surface area (Å²) in [5, 5.41) is 7.48. The second kappa shape index (κ2) is 6.14. The van der Waals surface area contributed by atoms with Crippen LogP contribution in [0.4, 0.5) is 0 Å². The summed E-state index contributed by atoms with van der Waals surface area (Å²) in [6.07, 6.45) is 1.64. The van der Waals surface area contributed by atoms with Crippen molar-refractivity contribution in [2.24, 2.45) is 7.05 Å². The normalized spacial score (nSPS) is 10.4. The van der Waals surface area contributed by atoms with Gasteiger partial charge in [-0.15, -0.1) is 0 Å². The number of nitrogens with one attached hydrogen (secondary N) is 1. The van der Waals surface area contributed by atoms with E-state index < -0.39 is 0 Å². The Balaban J connectivity index is 2.45. The van der Waals surface area contributed by atoms with Crippen molar-refractivity contribution in [3.8, 4) is 5.69 Å². The Morgan fingerprint density at radius 2 is 2.24 bits per heavy atom. The lowest BCUT2D eigenvalue weighted by Crippen LogP contribution is -2.24. The molecular weight excluding hydrogens is 274 g/mol. The zero-order valence-electron chi connectivity index (χ0n) is 11.7. The molecule has 2 aromatic rings. The van der Waals surface area contributed by atoms with Crippen LogP contribution in [-0.2, 0) is 23.3 Å². The Kier molecular flexibility index (Phi) is 4.29. The van der Waals surface area contributed by atoms with Crippen molar-refractivity contribution in [1.82, 2.24) is 25.3 Å². The molecule has 0 aliphatic carbocycles. The molecule has 1 amide bonds. The van der Waals surface area contributed by atoms with Gasteiger partial charge in [0.15, 0.2) is 0 Å². The van der Waals surface area contributed by atoms with Gasteiger partial charge in [0, 0.05) is 19.5 Å². The smallest absolute Gasteiger partial charge is 0.273 e. The Labute approximate surface area is 120 Å². The molecule has 0 bridgehead atoms. The van der Waals surface area contributed by atoms with E-state index in [1.54, 1.807) is 18.2 Å². The van der Waals surface area contributed by atoms with E-state index in [0.717, 1.165) is 10.2 Å². The van der Waals surface area contributed by atoms with Crippen LogP contribution in [-0.4, -0.2) is 25.7 Å². The fourth-order valence-electron chi connectivity index (χ4n) is 1.81. The molecule has 0 spiro atoms. The highest BCUT2D eigenvalue weighted by molar-refractivity contribution is 5.71. The second-order valence-corrected chi connectivity index (χ2v) is 4.29. The first-order chi connectivity index (χ1) is 10.0. The Hall–Kier alpha value is -2.74. The largest absolute Gasteiger partial charge is 0.368 e. The Morgan fingerprint density at radius 1 is 1.48 bits per heavy atom. The summed E-state index contributed by atoms with van der Waals surface area (Å²) < 4.78 is 2.29. The summed E-state index contributed by atoms with van der Waals surface area (Å²) in [6, 6.07) is 5.31. The molecule has 1 heterocycles. The summed E-state index contributed by atoms with van der Waals surface area (Å²) in [4.78, 5) is 27.9. The average molecular weight is 289 g/mol. The molecule has 110 valence electrons. The maximum atomic E-state index is 12.0. The van der Waals surface area contributed by atoms with E-state index in [2.05, 4.69) is 22.5 Å². The number of aromatic nitrogens is 4. The molecule has 0 aliphatic rings. The molecule has 8 nitrogen and oxygen atoms in total. The third kappa shape index (κ3) is 3.06. The van der Waals surface area contributed by atoms with Crippen molar-refractivity contribution in [2.45, 2.75) is 13.5 Å². The molecule has 8 heteroatoms. The monoisotopic (exact) mass is 289 g/mol. The molecule has 1 N–H and O–H groups in total. The van der Waals surface area contributed by atoms with Crippen LogP contribution in [0.5, 0.6) is 0 Å². The molecule has 1 aromatic heterocycles. The van der Waals surface area contributed by atoms with Gasteiger partial charge >= 0.3 is 5.69 Å². The minimum absolute atomic E-state index is 0.0696. The molecule has 0 unspecified atom stereocenters. The number of tetrazole rings is 1. The standard InChI is InChI=1S/C13H15N5O3/c1-4-10-6-5-7-12(11(10)8-21-14-9(2)19)18-13(20)17(3)15-16-18/h4-7H,1,8H2,2-3H3,(H,14,19). The number of hydrogen-bond acceptors (Lipinski definition) is 5. The third-order valence-electron chi connectivity index (χ3n) is 2.79. The van der Waals surface area contributed by atoms with Gasteiger partial charge in [-0.1, -0.05) is 24.8 Å². The third-order valence-corrected chi connectivity index (χ3v) is 2.79. The van der Waals surface area contributed by atoms with Gasteiger partial charge in [0.25, 0.3) is 0 Å². The number of hydroxylamine groups is 1. The number of carbonyl (C=O) groups excluding carboxylic acids is 1. The molecule has 0 saturated carbocycles. The van der Waals surface area contributed by atoms with Crippen LogP contribution in [0.15, 0.2) is 29.6 Å². The van der Waals surface area contributed by atoms with E-state index >= 15 is 0 Å². The van der Waals surface area contributed by atoms with Gasteiger partial charge in [-0.3, -0.25) is 9.63 Å². The van der Waals surface area contributed by atoms with Gasteiger partial charge in [-0.25, -0.2) is 10.3 Å². The van der Waals surface area contributed by atoms with Crippen LogP contribution in [0, 0.1) is 0 Å². The van der Waals surface area contributed by atoms with E-state index in [1.807, 2.05) is 6.07 Å². The van der Waals surface area contributed by atoms with Crippen LogP contribution in [0.25, 0.3) is 11.8 Å². The van der Waals surface area contributed by atoms with Crippen molar-refractivity contribution in [3.05, 3.63) is 46.4 Å². The number of benzene rings is 1. The number of nitrogens with zero attached hydrogens (tertiary/aromatic N) is 4. The quantitative estimate of drug-likeness (QED) is 0.793. The zero-order valence-corrected chi connectivity index (χ0v) is 11.7. The first kappa shape index (κ1) is 14.7. The van der Waals surface area contributed by atoms with Gasteiger partial charge in [0.05, 0.1) is 5.69 Å². The van der Waals surface area contributed by atoms with Crippen LogP contribution in [0.2, 0.25) is 0 Å². The Morgan fingerprint density at radius 3 is 2.81 bits per heavy atom. The van der Waals surface area contributed by atoms with Gasteiger partial charge in [0.1, 0.15) is 6.61 Å². The predicted molar refractivity (Wildman–Crippen MR) is 75.3 cm³/mol. The molecular formula is C13H15N5O3. The summed E-state index contributed by atoms with van der Waals surface area (Å²) in [7, 11) is 1.51. The first-order valence-corrected chi connectivity index (χ1v) is 6.16. The number of aryl methyl sites for hydroxylation is 1. The minimum Gasteiger partial charge on any atom is -0.273 e. The molecule has 1 aromatic carbocycles. The summed E-state index contributed by atoms with van der Waals surface area (Å²) in [5.74, 6) is -0.315. The average Bonchev–Trinajstić information content (AvgIpc) is 2.79. The maximum absolute atomic E-state index is 12.0. The number of rotatable bonds is 5. The van der Waals surface area contributed by atoms with Gasteiger partial charge in [0.2, 0.25) is 5.91 Å². The lowest BCUT2D eigenvalue weighted by molar-refractivity contribution is -0.132. The van der Waals surface area contributed by atoms with E-state index in [9.17, 15) is 9.59 Å². The molecule has 0 radical (unpaired) electrons. The van der Waals surface area contributed by atoms with Crippen molar-refractivity contribution in [1.29, 1.82) is 0 Å². The number of carbonyl (C=O) groups is 1. The number of amides is 1. The Bertz CT molecular complexity index is 732. The summed E-state index contributed by atoms with van der Waals surface area (Å²) in [6.45, 7) is 5.14. The molecule has 0 saturated heterocycles. The lowest BCUT2D eigenvalue weighted by Gasteiger charge is -2.11. The van der Waals surface area contributed by atoms with Crippen LogP contribution >= 0.6 is 0 Å². The van der Waals surface area contributed by atoms with Crippen molar-refractivity contribution in [3.63, 3.8) is 0 Å². The van der Waals surface area contributed by atoms with Crippen LogP contribution < -0.4 is 11.2 Å². The van der Waals surface area contributed by atoms with E-state index in [0.29, 0.717) is 11.3 Å². The van der Waals surface area contributed by atoms with E-state index in [4.69, 9.17) is 4.84 Å². The molecule has 0 atom stereocenters. The zero-order chi connectivity index (χ0) is 15.4. The maximum Gasteiger partial charge on any atom is 0.368 e. The highest BCUT2D eigenvalue weighted by Gasteiger charge is 2.13. The van der Waals surface area contributed by atoms with Crippen LogP contribution in [0.1, 0.15) is 18.1 Å². The summed E-state index contributed by atoms with van der Waals surface area (Å²) >= 11 is 0. The van der Waals surface area contributed by atoms with E-state index in [-0.39, 0.29) is 18.2 Å². The number of hydrogen-bond donors (Lipinski definition) is 1. The topological polar surface area (TPSA) is 91.0 Å². The van der Waals surface area contributed by atoms with Gasteiger partial charge < -0.3 is 0 Å². The van der Waals surface area contributed by atoms with Gasteiger partial charge in [-0.2, -0.15) is 9.36 Å². The van der Waals surface area contributed by atoms with Gasteiger partial charge in [-0.05, 0) is 22.1 Å². The molecule has 2 rings (SSSR count). The highest BCUT2D eigenvalue weighted by Crippen LogP contribution is 2.19. The first-order valence-electron chi connectivity index (χ1n) is 6.16. The molecule has 0 aliphatic heterocycles. The second-order valence-electron chi connectivity index (χ2n) is 4.29. The van der Waals surface area contributed by atoms with Crippen molar-refractivity contribution >= 4 is 12.0 Å². The molecule has 0 fully saturated rings. The summed E-state index contributed by atoms with van der Waals surface area (Å²) in [5.41, 5.74) is 3.83. The van der Waals surface area contributed by atoms with Crippen molar-refractivity contribution in [2.75, 3.05) is 0 Å². The SMILES string of the molecule is C=Cc1cccc(-n2nnn(C)c2=O)c1CONC(C)=O. The lowest BCUT2D eigenvalue weighted by atomic mass is 10.1. The van der Waals surface area contributed by atoms with E-state index in [1.165, 1.54) is 18.7 Å². The minimum atomic E-state index is -0.378. The highest BCUT2D eigenvalue weighted by atomic mass is 16.6. The molecule has 21 heavy (non-hydrogen) atoms. The fraction of sp³-hybridized carbons (Fsp3) is 0.231. The van der Waals surface area contributed by atoms with Crippen molar-refractivity contribution < 1.29 is 9.63 Å².